The zero-order chi connectivity index (χ0) is 13.0. The standard InChI is InChI=1S/C16H21NO/c1-12-9-13(2)11-14(10-12)16(17-3)7-6-15-5-4-8-18-15/h4-5,8-11,16-17H,6-7H2,1-3H3. The highest BCUT2D eigenvalue weighted by molar-refractivity contribution is 5.30. The average Bonchev–Trinajstić information content (AvgIpc) is 2.81. The van der Waals surface area contributed by atoms with E-state index < -0.39 is 0 Å². The van der Waals surface area contributed by atoms with Gasteiger partial charge in [-0.2, -0.15) is 0 Å². The Labute approximate surface area is 109 Å². The number of aryl methyl sites for hydroxylation is 3. The maximum Gasteiger partial charge on any atom is 0.103 e. The molecule has 0 bridgehead atoms. The molecular formula is C16H21NO. The number of hydrogen-bond donors (Lipinski definition) is 1. The number of nitrogens with one attached hydrogen (secondary N) is 1. The summed E-state index contributed by atoms with van der Waals surface area (Å²) in [6.07, 6.45) is 3.75. The molecule has 0 aliphatic rings. The van der Waals surface area contributed by atoms with Gasteiger partial charge in [0.1, 0.15) is 5.76 Å². The molecule has 0 saturated carbocycles. The lowest BCUT2D eigenvalue weighted by molar-refractivity contribution is 0.469. The highest BCUT2D eigenvalue weighted by Gasteiger charge is 2.11. The van der Waals surface area contributed by atoms with Crippen LogP contribution in [0.25, 0.3) is 0 Å². The molecule has 0 spiro atoms. The summed E-state index contributed by atoms with van der Waals surface area (Å²) in [6, 6.07) is 11.1. The van der Waals surface area contributed by atoms with Crippen molar-refractivity contribution in [3.63, 3.8) is 0 Å². The van der Waals surface area contributed by atoms with Gasteiger partial charge < -0.3 is 9.73 Å². The predicted octanol–water partition coefficient (Wildman–Crippen LogP) is 3.79. The quantitative estimate of drug-likeness (QED) is 0.864. The molecule has 0 aliphatic carbocycles. The average molecular weight is 243 g/mol. The summed E-state index contributed by atoms with van der Waals surface area (Å²) in [7, 11) is 2.02. The lowest BCUT2D eigenvalue weighted by atomic mass is 9.97. The van der Waals surface area contributed by atoms with E-state index in [2.05, 4.69) is 37.4 Å². The third-order valence-electron chi connectivity index (χ3n) is 3.25. The normalized spacial score (nSPS) is 12.6. The second-order valence-corrected chi connectivity index (χ2v) is 4.88. The zero-order valence-electron chi connectivity index (χ0n) is 11.4. The van der Waals surface area contributed by atoms with Crippen LogP contribution >= 0.6 is 0 Å². The van der Waals surface area contributed by atoms with Gasteiger partial charge in [-0.25, -0.2) is 0 Å². The summed E-state index contributed by atoms with van der Waals surface area (Å²) >= 11 is 0. The van der Waals surface area contributed by atoms with Crippen LogP contribution in [0.1, 0.15) is 34.9 Å². The highest BCUT2D eigenvalue weighted by Crippen LogP contribution is 2.21. The van der Waals surface area contributed by atoms with Crippen molar-refractivity contribution in [2.75, 3.05) is 7.05 Å². The molecule has 0 amide bonds. The van der Waals surface area contributed by atoms with Crippen molar-refractivity contribution in [3.05, 3.63) is 59.0 Å². The van der Waals surface area contributed by atoms with Crippen LogP contribution in [0.2, 0.25) is 0 Å². The minimum absolute atomic E-state index is 0.383. The van der Waals surface area contributed by atoms with Crippen LogP contribution in [-0.2, 0) is 6.42 Å². The first-order valence-electron chi connectivity index (χ1n) is 6.47. The molecule has 18 heavy (non-hydrogen) atoms. The molecular weight excluding hydrogens is 222 g/mol. The molecule has 0 saturated heterocycles. The van der Waals surface area contributed by atoms with Gasteiger partial charge in [-0.15, -0.1) is 0 Å². The molecule has 0 radical (unpaired) electrons. The van der Waals surface area contributed by atoms with Crippen LogP contribution in [-0.4, -0.2) is 7.05 Å². The molecule has 2 nitrogen and oxygen atoms in total. The van der Waals surface area contributed by atoms with Crippen LogP contribution < -0.4 is 5.32 Å². The molecule has 2 rings (SSSR count). The van der Waals surface area contributed by atoms with E-state index in [1.807, 2.05) is 19.2 Å². The van der Waals surface area contributed by atoms with Gasteiger partial charge >= 0.3 is 0 Å². The van der Waals surface area contributed by atoms with Gasteiger partial charge in [0.05, 0.1) is 6.26 Å². The monoisotopic (exact) mass is 243 g/mol. The Kier molecular flexibility index (Phi) is 4.21. The summed E-state index contributed by atoms with van der Waals surface area (Å²) in [6.45, 7) is 4.30. The first kappa shape index (κ1) is 12.9. The molecule has 1 atom stereocenters. The summed E-state index contributed by atoms with van der Waals surface area (Å²) in [5.74, 6) is 1.06. The molecule has 1 aromatic heterocycles. The van der Waals surface area contributed by atoms with Crippen molar-refractivity contribution in [2.45, 2.75) is 32.7 Å². The van der Waals surface area contributed by atoms with Crippen molar-refractivity contribution in [3.8, 4) is 0 Å². The van der Waals surface area contributed by atoms with E-state index in [9.17, 15) is 0 Å². The second kappa shape index (κ2) is 5.87. The largest absolute Gasteiger partial charge is 0.469 e. The lowest BCUT2D eigenvalue weighted by Gasteiger charge is -2.17. The summed E-state index contributed by atoms with van der Waals surface area (Å²) in [5, 5.41) is 3.39. The number of furan rings is 1. The first-order chi connectivity index (χ1) is 8.69. The van der Waals surface area contributed by atoms with Crippen molar-refractivity contribution in [2.24, 2.45) is 0 Å². The zero-order valence-corrected chi connectivity index (χ0v) is 11.4. The van der Waals surface area contributed by atoms with Crippen molar-refractivity contribution in [1.82, 2.24) is 5.32 Å². The third kappa shape index (κ3) is 3.23. The van der Waals surface area contributed by atoms with Crippen molar-refractivity contribution < 1.29 is 4.42 Å². The minimum atomic E-state index is 0.383. The Morgan fingerprint density at radius 2 is 1.89 bits per heavy atom. The lowest BCUT2D eigenvalue weighted by Crippen LogP contribution is -2.17. The topological polar surface area (TPSA) is 25.2 Å². The van der Waals surface area contributed by atoms with Gasteiger partial charge in [-0.3, -0.25) is 0 Å². The SMILES string of the molecule is CNC(CCc1ccco1)c1cc(C)cc(C)c1. The number of rotatable bonds is 5. The van der Waals surface area contributed by atoms with Crippen LogP contribution in [0, 0.1) is 13.8 Å². The number of benzene rings is 1. The van der Waals surface area contributed by atoms with Crippen molar-refractivity contribution >= 4 is 0 Å². The molecule has 1 unspecified atom stereocenters. The Bertz CT molecular complexity index is 468. The molecule has 96 valence electrons. The molecule has 1 heterocycles. The van der Waals surface area contributed by atoms with E-state index in [0.29, 0.717) is 6.04 Å². The maximum absolute atomic E-state index is 5.38. The molecule has 2 heteroatoms. The van der Waals surface area contributed by atoms with E-state index in [4.69, 9.17) is 4.42 Å². The Morgan fingerprint density at radius 1 is 1.17 bits per heavy atom. The van der Waals surface area contributed by atoms with E-state index in [1.165, 1.54) is 16.7 Å². The summed E-state index contributed by atoms with van der Waals surface area (Å²) < 4.78 is 5.38. The first-order valence-corrected chi connectivity index (χ1v) is 6.47. The Morgan fingerprint density at radius 3 is 2.44 bits per heavy atom. The van der Waals surface area contributed by atoms with Crippen molar-refractivity contribution in [1.29, 1.82) is 0 Å². The van der Waals surface area contributed by atoms with E-state index >= 15 is 0 Å². The highest BCUT2D eigenvalue weighted by atomic mass is 16.3. The van der Waals surface area contributed by atoms with Gasteiger partial charge in [0.15, 0.2) is 0 Å². The molecule has 2 aromatic rings. The minimum Gasteiger partial charge on any atom is -0.469 e. The van der Waals surface area contributed by atoms with Gasteiger partial charge in [0, 0.05) is 12.5 Å². The maximum atomic E-state index is 5.38. The van der Waals surface area contributed by atoms with Gasteiger partial charge in [-0.05, 0) is 45.0 Å². The van der Waals surface area contributed by atoms with Crippen LogP contribution in [0.3, 0.4) is 0 Å². The van der Waals surface area contributed by atoms with Gasteiger partial charge in [0.25, 0.3) is 0 Å². The van der Waals surface area contributed by atoms with Crippen LogP contribution in [0.5, 0.6) is 0 Å². The fourth-order valence-corrected chi connectivity index (χ4v) is 2.43. The molecule has 1 aromatic carbocycles. The molecule has 1 N–H and O–H groups in total. The van der Waals surface area contributed by atoms with E-state index in [1.54, 1.807) is 6.26 Å². The molecule has 0 fully saturated rings. The van der Waals surface area contributed by atoms with Gasteiger partial charge in [0.2, 0.25) is 0 Å². The van der Waals surface area contributed by atoms with Gasteiger partial charge in [-0.1, -0.05) is 29.3 Å². The second-order valence-electron chi connectivity index (χ2n) is 4.88. The fourth-order valence-electron chi connectivity index (χ4n) is 2.43. The van der Waals surface area contributed by atoms with Crippen LogP contribution in [0.4, 0.5) is 0 Å². The third-order valence-corrected chi connectivity index (χ3v) is 3.25. The molecule has 0 aliphatic heterocycles. The Balaban J connectivity index is 2.07. The summed E-state index contributed by atoms with van der Waals surface area (Å²) in [4.78, 5) is 0. The van der Waals surface area contributed by atoms with Crippen LogP contribution in [0.15, 0.2) is 41.0 Å². The van der Waals surface area contributed by atoms with E-state index in [0.717, 1.165) is 18.6 Å². The summed E-state index contributed by atoms with van der Waals surface area (Å²) in [5.41, 5.74) is 4.01. The van der Waals surface area contributed by atoms with E-state index in [-0.39, 0.29) is 0 Å². The smallest absolute Gasteiger partial charge is 0.103 e. The number of hydrogen-bond acceptors (Lipinski definition) is 2. The predicted molar refractivity (Wildman–Crippen MR) is 74.7 cm³/mol. The fraction of sp³-hybridized carbons (Fsp3) is 0.375. The Hall–Kier alpha value is -1.54.